The second-order valence-corrected chi connectivity index (χ2v) is 6.75. The van der Waals surface area contributed by atoms with Gasteiger partial charge >= 0.3 is 0 Å². The average molecular weight is 373 g/mol. The highest BCUT2D eigenvalue weighted by molar-refractivity contribution is 6.30. The molecule has 2 amide bonds. The molecule has 0 saturated carbocycles. The third-order valence-corrected chi connectivity index (χ3v) is 4.75. The quantitative estimate of drug-likeness (QED) is 0.818. The Morgan fingerprint density at radius 1 is 1.04 bits per heavy atom. The third-order valence-electron chi connectivity index (χ3n) is 4.50. The summed E-state index contributed by atoms with van der Waals surface area (Å²) in [5.41, 5.74) is 4.14. The van der Waals surface area contributed by atoms with Gasteiger partial charge in [0.25, 0.3) is 5.91 Å². The van der Waals surface area contributed by atoms with E-state index < -0.39 is 0 Å². The molecule has 5 nitrogen and oxygen atoms in total. The Hall–Kier alpha value is -2.37. The molecule has 1 saturated heterocycles. The summed E-state index contributed by atoms with van der Waals surface area (Å²) in [6.07, 6.45) is 1.25. The van der Waals surface area contributed by atoms with E-state index in [1.165, 1.54) is 0 Å². The zero-order chi connectivity index (χ0) is 18.4. The summed E-state index contributed by atoms with van der Waals surface area (Å²) < 4.78 is 0. The molecule has 1 aliphatic rings. The molecule has 1 aliphatic heterocycles. The van der Waals surface area contributed by atoms with Gasteiger partial charge in [-0.05, 0) is 42.7 Å². The van der Waals surface area contributed by atoms with Crippen molar-refractivity contribution in [1.29, 1.82) is 0 Å². The number of hydroxylamine groups is 1. The summed E-state index contributed by atoms with van der Waals surface area (Å²) >= 11 is 5.86. The molecular formula is C20H21ClN2O3. The number of likely N-dealkylation sites (tertiary alicyclic amines) is 1. The Labute approximate surface area is 157 Å². The van der Waals surface area contributed by atoms with Crippen LogP contribution in [0.4, 0.5) is 0 Å². The van der Waals surface area contributed by atoms with Crippen LogP contribution >= 0.6 is 11.6 Å². The number of carbonyl (C=O) groups is 2. The molecule has 136 valence electrons. The summed E-state index contributed by atoms with van der Waals surface area (Å²) in [7, 11) is 0. The van der Waals surface area contributed by atoms with Crippen molar-refractivity contribution >= 4 is 23.4 Å². The maximum absolute atomic E-state index is 12.5. The largest absolute Gasteiger partial charge is 0.339 e. The van der Waals surface area contributed by atoms with Crippen LogP contribution in [0.2, 0.25) is 5.02 Å². The Kier molecular flexibility index (Phi) is 6.26. The van der Waals surface area contributed by atoms with Crippen LogP contribution in [-0.4, -0.2) is 29.8 Å². The fraction of sp³-hybridized carbons (Fsp3) is 0.300. The van der Waals surface area contributed by atoms with Crippen molar-refractivity contribution in [1.82, 2.24) is 10.4 Å². The fourth-order valence-electron chi connectivity index (χ4n) is 2.97. The van der Waals surface area contributed by atoms with Gasteiger partial charge in [-0.2, -0.15) is 0 Å². The van der Waals surface area contributed by atoms with Crippen molar-refractivity contribution in [2.24, 2.45) is 5.92 Å². The van der Waals surface area contributed by atoms with Crippen molar-refractivity contribution in [3.05, 3.63) is 70.7 Å². The van der Waals surface area contributed by atoms with Gasteiger partial charge in [-0.3, -0.25) is 14.4 Å². The van der Waals surface area contributed by atoms with Crippen LogP contribution in [-0.2, 0) is 16.2 Å². The average Bonchev–Trinajstić information content (AvgIpc) is 2.69. The van der Waals surface area contributed by atoms with Gasteiger partial charge in [0.2, 0.25) is 5.91 Å². The molecule has 1 fully saturated rings. The minimum absolute atomic E-state index is 0.0270. The highest BCUT2D eigenvalue weighted by atomic mass is 35.5. The zero-order valence-corrected chi connectivity index (χ0v) is 15.1. The van der Waals surface area contributed by atoms with Crippen LogP contribution in [0.15, 0.2) is 54.6 Å². The van der Waals surface area contributed by atoms with Crippen LogP contribution < -0.4 is 5.48 Å². The number of nitrogens with one attached hydrogen (secondary N) is 1. The second-order valence-electron chi connectivity index (χ2n) is 6.31. The minimum Gasteiger partial charge on any atom is -0.339 e. The summed E-state index contributed by atoms with van der Waals surface area (Å²) in [6.45, 7) is 1.44. The van der Waals surface area contributed by atoms with Gasteiger partial charge in [-0.15, -0.1) is 0 Å². The van der Waals surface area contributed by atoms with Gasteiger partial charge in [0.1, 0.15) is 0 Å². The number of amides is 2. The van der Waals surface area contributed by atoms with Crippen LogP contribution in [0.5, 0.6) is 0 Å². The third kappa shape index (κ3) is 4.84. The van der Waals surface area contributed by atoms with Crippen molar-refractivity contribution in [3.8, 4) is 0 Å². The predicted molar refractivity (Wildman–Crippen MR) is 99.5 cm³/mol. The number of benzene rings is 2. The van der Waals surface area contributed by atoms with Crippen molar-refractivity contribution < 1.29 is 14.4 Å². The smallest absolute Gasteiger partial charge is 0.253 e. The first-order chi connectivity index (χ1) is 12.6. The molecule has 0 aromatic heterocycles. The number of hydrogen-bond donors (Lipinski definition) is 1. The Bertz CT molecular complexity index is 741. The highest BCUT2D eigenvalue weighted by Crippen LogP contribution is 2.20. The number of halogens is 1. The second kappa shape index (κ2) is 8.83. The van der Waals surface area contributed by atoms with Crippen LogP contribution in [0.3, 0.4) is 0 Å². The topological polar surface area (TPSA) is 58.6 Å². The van der Waals surface area contributed by atoms with E-state index in [0.717, 1.165) is 5.56 Å². The molecule has 0 aliphatic carbocycles. The molecule has 6 heteroatoms. The zero-order valence-electron chi connectivity index (χ0n) is 14.4. The maximum Gasteiger partial charge on any atom is 0.253 e. The molecule has 3 rings (SSSR count). The molecule has 0 spiro atoms. The fourth-order valence-corrected chi connectivity index (χ4v) is 3.09. The standard InChI is InChI=1S/C20H21ClN2O3/c21-18-8-6-17(7-9-18)20(25)23-12-10-16(11-13-23)19(24)22-26-14-15-4-2-1-3-5-15/h1-9,16H,10-14H2,(H,22,24). The molecule has 0 unspecified atom stereocenters. The van der Waals surface area contributed by atoms with Gasteiger partial charge in [0.15, 0.2) is 0 Å². The normalized spacial score (nSPS) is 14.9. The van der Waals surface area contributed by atoms with Gasteiger partial charge in [-0.25, -0.2) is 5.48 Å². The molecule has 2 aromatic carbocycles. The van der Waals surface area contributed by atoms with Crippen molar-refractivity contribution in [2.75, 3.05) is 13.1 Å². The highest BCUT2D eigenvalue weighted by Gasteiger charge is 2.28. The summed E-state index contributed by atoms with van der Waals surface area (Å²) in [5, 5.41) is 0.604. The Morgan fingerprint density at radius 2 is 1.69 bits per heavy atom. The van der Waals surface area contributed by atoms with E-state index in [2.05, 4.69) is 5.48 Å². The minimum atomic E-state index is -0.139. The van der Waals surface area contributed by atoms with Gasteiger partial charge in [-0.1, -0.05) is 41.9 Å². The first-order valence-corrected chi connectivity index (χ1v) is 9.01. The van der Waals surface area contributed by atoms with E-state index in [1.807, 2.05) is 30.3 Å². The van der Waals surface area contributed by atoms with Crippen LogP contribution in [0, 0.1) is 5.92 Å². The van der Waals surface area contributed by atoms with E-state index in [-0.39, 0.29) is 17.7 Å². The molecule has 0 radical (unpaired) electrons. The number of hydrogen-bond acceptors (Lipinski definition) is 3. The summed E-state index contributed by atoms with van der Waals surface area (Å²) in [6, 6.07) is 16.5. The molecule has 2 aromatic rings. The van der Waals surface area contributed by atoms with E-state index in [9.17, 15) is 9.59 Å². The number of nitrogens with zero attached hydrogens (tertiary/aromatic N) is 1. The van der Waals surface area contributed by atoms with E-state index in [0.29, 0.717) is 43.1 Å². The SMILES string of the molecule is O=C(NOCc1ccccc1)C1CCN(C(=O)c2ccc(Cl)cc2)CC1. The van der Waals surface area contributed by atoms with Crippen molar-refractivity contribution in [2.45, 2.75) is 19.4 Å². The Balaban J connectivity index is 1.43. The Morgan fingerprint density at radius 3 is 2.35 bits per heavy atom. The molecule has 1 N–H and O–H groups in total. The lowest BCUT2D eigenvalue weighted by Crippen LogP contribution is -2.43. The molecule has 0 atom stereocenters. The first-order valence-electron chi connectivity index (χ1n) is 8.64. The van der Waals surface area contributed by atoms with E-state index in [1.54, 1.807) is 29.2 Å². The molecule has 26 heavy (non-hydrogen) atoms. The molecule has 1 heterocycles. The van der Waals surface area contributed by atoms with Gasteiger partial charge in [0.05, 0.1) is 6.61 Å². The van der Waals surface area contributed by atoms with E-state index in [4.69, 9.17) is 16.4 Å². The van der Waals surface area contributed by atoms with Crippen LogP contribution in [0.25, 0.3) is 0 Å². The van der Waals surface area contributed by atoms with Gasteiger partial charge in [0, 0.05) is 29.6 Å². The van der Waals surface area contributed by atoms with Gasteiger partial charge < -0.3 is 4.90 Å². The number of rotatable bonds is 5. The van der Waals surface area contributed by atoms with Crippen molar-refractivity contribution in [3.63, 3.8) is 0 Å². The van der Waals surface area contributed by atoms with Crippen LogP contribution in [0.1, 0.15) is 28.8 Å². The predicted octanol–water partition coefficient (Wildman–Crippen LogP) is 3.44. The summed E-state index contributed by atoms with van der Waals surface area (Å²) in [5.74, 6) is -0.291. The number of carbonyl (C=O) groups excluding carboxylic acids is 2. The van der Waals surface area contributed by atoms with E-state index >= 15 is 0 Å². The molecular weight excluding hydrogens is 352 g/mol. The maximum atomic E-state index is 12.5. The lowest BCUT2D eigenvalue weighted by atomic mass is 9.96. The lowest BCUT2D eigenvalue weighted by molar-refractivity contribution is -0.140. The number of piperidine rings is 1. The monoisotopic (exact) mass is 372 g/mol. The lowest BCUT2D eigenvalue weighted by Gasteiger charge is -2.31. The molecule has 0 bridgehead atoms. The first kappa shape index (κ1) is 18.4. The summed E-state index contributed by atoms with van der Waals surface area (Å²) in [4.78, 5) is 31.8.